The minimum absolute atomic E-state index is 0. The van der Waals surface area contributed by atoms with Crippen molar-refractivity contribution in [3.8, 4) is 39.4 Å². The maximum Gasteiger partial charge on any atom is 1.00 e. The van der Waals surface area contributed by atoms with Crippen molar-refractivity contribution >= 4 is 0 Å². The Bertz CT molecular complexity index is 103. The van der Waals surface area contributed by atoms with Gasteiger partial charge in [-0.05, 0) is 0 Å². The second kappa shape index (κ2) is 1760. The molecule has 71 valence electrons. The first-order valence-corrected chi connectivity index (χ1v) is 1.55. The van der Waals surface area contributed by atoms with Crippen LogP contribution in [-0.2, 0) is 16.8 Å². The first kappa shape index (κ1) is 73.9. The summed E-state index contributed by atoms with van der Waals surface area (Å²) in [6, 6.07) is 0. The molecule has 0 bridgehead atoms. The Balaban J connectivity index is -0.00000000396. The van der Waals surface area contributed by atoms with Gasteiger partial charge in [0.05, 0.1) is 0 Å². The summed E-state index contributed by atoms with van der Waals surface area (Å²) in [4.78, 5) is 0. The quantitative estimate of drug-likeness (QED) is 0.459. The molecule has 0 amide bonds. The predicted molar refractivity (Wildman–Crippen MR) is 41.1 cm³/mol. The molecule has 0 aromatic heterocycles. The number of nitriles is 6. The van der Waals surface area contributed by atoms with Crippen molar-refractivity contribution in [3.63, 3.8) is 0 Å². The van der Waals surface area contributed by atoms with E-state index in [1.54, 1.807) is 0 Å². The van der Waals surface area contributed by atoms with Gasteiger partial charge in [0.15, 0.2) is 0 Å². The van der Waals surface area contributed by atoms with Crippen LogP contribution in [-0.4, -0.2) is 0 Å². The van der Waals surface area contributed by atoms with Crippen LogP contribution in [0.3, 0.4) is 0 Å². The monoisotopic (exact) mass is 261 g/mol. The zero-order chi connectivity index (χ0) is 12.0. The molecule has 0 aromatic rings. The molecule has 6 nitrogen and oxygen atoms in total. The number of hydrogen-bond donors (Lipinski definition) is 0. The standard InChI is InChI=1S/6CHN.Co.K.H/c6*1-2;;;/h6*1H;;;/q;;;;;;;+1;-1. The second-order valence-corrected chi connectivity index (χ2v) is 0. The summed E-state index contributed by atoms with van der Waals surface area (Å²) >= 11 is 0. The maximum atomic E-state index is 6.50. The normalized spacial score (nSPS) is 0.857. The summed E-state index contributed by atoms with van der Waals surface area (Å²) in [7, 11) is 0. The fraction of sp³-hybridized carbons (Fsp3) is 0. The third-order valence-corrected chi connectivity index (χ3v) is 0. The van der Waals surface area contributed by atoms with Crippen molar-refractivity contribution in [3.05, 3.63) is 0 Å². The van der Waals surface area contributed by atoms with E-state index in [4.69, 9.17) is 31.6 Å². The minimum Gasteiger partial charge on any atom is -1.00 e. The van der Waals surface area contributed by atoms with Gasteiger partial charge in [0, 0.05) is 56.2 Å². The molecule has 14 heavy (non-hydrogen) atoms. The Labute approximate surface area is 139 Å². The number of hydrogen-bond acceptors (Lipinski definition) is 6. The van der Waals surface area contributed by atoms with Crippen LogP contribution >= 0.6 is 0 Å². The van der Waals surface area contributed by atoms with Crippen molar-refractivity contribution in [2.24, 2.45) is 0 Å². The molecule has 0 aliphatic rings. The predicted octanol–water partition coefficient (Wildman–Crippen LogP) is -2.05. The van der Waals surface area contributed by atoms with Gasteiger partial charge >= 0.3 is 51.4 Å². The van der Waals surface area contributed by atoms with Crippen LogP contribution in [0.25, 0.3) is 0 Å². The van der Waals surface area contributed by atoms with Crippen LogP contribution in [0.1, 0.15) is 1.43 Å². The molecule has 0 heterocycles. The van der Waals surface area contributed by atoms with Crippen molar-refractivity contribution in [2.45, 2.75) is 0 Å². The van der Waals surface area contributed by atoms with Crippen LogP contribution in [0.2, 0.25) is 0 Å². The van der Waals surface area contributed by atoms with Crippen LogP contribution in [0.5, 0.6) is 0 Å². The Morgan fingerprint density at radius 2 is 0.429 bits per heavy atom. The Morgan fingerprint density at radius 1 is 0.429 bits per heavy atom. The molecule has 0 saturated heterocycles. The summed E-state index contributed by atoms with van der Waals surface area (Å²) in [6.07, 6.45) is 0. The van der Waals surface area contributed by atoms with Crippen molar-refractivity contribution in [1.82, 2.24) is 0 Å². The molecule has 0 atom stereocenters. The van der Waals surface area contributed by atoms with Crippen LogP contribution in [0.15, 0.2) is 0 Å². The third kappa shape index (κ3) is 1340. The third-order valence-electron chi connectivity index (χ3n) is 0. The van der Waals surface area contributed by atoms with Gasteiger partial charge in [0.1, 0.15) is 0 Å². The van der Waals surface area contributed by atoms with Gasteiger partial charge in [-0.25, -0.2) is 31.6 Å². The van der Waals surface area contributed by atoms with Gasteiger partial charge in [-0.15, -0.1) is 0 Å². The van der Waals surface area contributed by atoms with Crippen LogP contribution in [0, 0.1) is 71.0 Å². The fourth-order valence-electron chi connectivity index (χ4n) is 0. The molecule has 0 saturated carbocycles. The molecule has 1 radical (unpaired) electrons. The van der Waals surface area contributed by atoms with Gasteiger partial charge < -0.3 is 1.43 Å². The first-order chi connectivity index (χ1) is 6.00. The first-order valence-electron chi connectivity index (χ1n) is 1.55. The van der Waals surface area contributed by atoms with E-state index >= 15 is 0 Å². The van der Waals surface area contributed by atoms with Crippen molar-refractivity contribution < 1.29 is 69.6 Å². The minimum atomic E-state index is 0. The van der Waals surface area contributed by atoms with Gasteiger partial charge in [0.2, 0.25) is 0 Å². The van der Waals surface area contributed by atoms with E-state index in [0.717, 1.165) is 0 Å². The smallest absolute Gasteiger partial charge is 1.00 e. The Hall–Kier alpha value is -0.917. The molecule has 0 N–H and O–H groups in total. The zero-order valence-corrected chi connectivity index (χ0v) is 11.6. The van der Waals surface area contributed by atoms with Crippen LogP contribution < -0.4 is 51.4 Å². The Morgan fingerprint density at radius 3 is 0.429 bits per heavy atom. The number of nitrogens with zero attached hydrogens (tertiary/aromatic N) is 6. The summed E-state index contributed by atoms with van der Waals surface area (Å²) in [5.41, 5.74) is 0. The molecule has 0 spiro atoms. The number of rotatable bonds is 0. The molecule has 0 aliphatic heterocycles. The summed E-state index contributed by atoms with van der Waals surface area (Å²) in [5, 5.41) is 39.0. The van der Waals surface area contributed by atoms with Gasteiger partial charge in [-0.3, -0.25) is 0 Å². The average molecular weight is 261 g/mol. The fourth-order valence-corrected chi connectivity index (χ4v) is 0. The van der Waals surface area contributed by atoms with Crippen molar-refractivity contribution in [2.75, 3.05) is 0 Å². The zero-order valence-electron chi connectivity index (χ0n) is 8.48. The maximum absolute atomic E-state index is 6.50. The van der Waals surface area contributed by atoms with Gasteiger partial charge in [0.25, 0.3) is 0 Å². The van der Waals surface area contributed by atoms with E-state index in [9.17, 15) is 0 Å². The van der Waals surface area contributed by atoms with E-state index in [1.807, 2.05) is 0 Å². The van der Waals surface area contributed by atoms with Crippen LogP contribution in [0.4, 0.5) is 0 Å². The second-order valence-electron chi connectivity index (χ2n) is 0. The average Bonchev–Trinajstić information content (AvgIpc) is 2.33. The largest absolute Gasteiger partial charge is 1.00 e. The van der Waals surface area contributed by atoms with E-state index in [1.165, 1.54) is 0 Å². The molecule has 0 aromatic carbocycles. The SMILES string of the molecule is C#N.C#N.C#N.C#N.C#N.C#N.[Co].[H-].[K+]. The molecule has 8 heteroatoms. The van der Waals surface area contributed by atoms with E-state index in [2.05, 4.69) is 39.4 Å². The summed E-state index contributed by atoms with van der Waals surface area (Å²) < 4.78 is 0. The molecule has 0 fully saturated rings. The summed E-state index contributed by atoms with van der Waals surface area (Å²) in [6.45, 7) is 21.0. The topological polar surface area (TPSA) is 143 Å². The van der Waals surface area contributed by atoms with E-state index < -0.39 is 0 Å². The molecule has 0 unspecified atom stereocenters. The van der Waals surface area contributed by atoms with Crippen molar-refractivity contribution in [1.29, 1.82) is 31.6 Å². The molecule has 0 rings (SSSR count). The molecular weight excluding hydrogens is 254 g/mol. The Kier molecular flexibility index (Phi) is 9320. The van der Waals surface area contributed by atoms with Gasteiger partial charge in [-0.1, -0.05) is 0 Å². The van der Waals surface area contributed by atoms with Gasteiger partial charge in [-0.2, -0.15) is 0 Å². The molecular formula is C6H7CoKN6. The van der Waals surface area contributed by atoms with E-state index in [-0.39, 0.29) is 69.6 Å². The summed E-state index contributed by atoms with van der Waals surface area (Å²) in [5.74, 6) is 0. The molecule has 0 aliphatic carbocycles. The van der Waals surface area contributed by atoms with E-state index in [0.29, 0.717) is 0 Å².